The molecule has 0 saturated carbocycles. The summed E-state index contributed by atoms with van der Waals surface area (Å²) in [6, 6.07) is 0. The number of hydrogen-bond acceptors (Lipinski definition) is 4. The van der Waals surface area contributed by atoms with Crippen molar-refractivity contribution in [3.63, 3.8) is 0 Å². The smallest absolute Gasteiger partial charge is 0.245 e. The van der Waals surface area contributed by atoms with Crippen LogP contribution in [-0.4, -0.2) is 43.1 Å². The Morgan fingerprint density at radius 2 is 2.33 bits per heavy atom. The van der Waals surface area contributed by atoms with Gasteiger partial charge in [0.1, 0.15) is 4.90 Å². The van der Waals surface area contributed by atoms with Gasteiger partial charge in [0.25, 0.3) is 0 Å². The van der Waals surface area contributed by atoms with Crippen molar-refractivity contribution >= 4 is 10.0 Å². The van der Waals surface area contributed by atoms with E-state index in [4.69, 9.17) is 5.73 Å². The van der Waals surface area contributed by atoms with Crippen LogP contribution >= 0.6 is 0 Å². The Morgan fingerprint density at radius 1 is 1.67 bits per heavy atom. The Labute approximate surface area is 89.5 Å². The minimum Gasteiger partial charge on any atom is -0.330 e. The van der Waals surface area contributed by atoms with Gasteiger partial charge in [0, 0.05) is 19.8 Å². The Kier molecular flexibility index (Phi) is 3.83. The third kappa shape index (κ3) is 2.77. The summed E-state index contributed by atoms with van der Waals surface area (Å²) < 4.78 is 25.0. The molecule has 1 unspecified atom stereocenters. The second kappa shape index (κ2) is 4.73. The van der Waals surface area contributed by atoms with E-state index in [1.165, 1.54) is 23.7 Å². The monoisotopic (exact) mass is 232 g/mol. The Bertz CT molecular complexity index is 387. The van der Waals surface area contributed by atoms with E-state index in [0.29, 0.717) is 13.1 Å². The molecule has 1 heterocycles. The maximum Gasteiger partial charge on any atom is 0.245 e. The van der Waals surface area contributed by atoms with Crippen molar-refractivity contribution in [1.82, 2.24) is 14.5 Å². The van der Waals surface area contributed by atoms with E-state index >= 15 is 0 Å². The van der Waals surface area contributed by atoms with Crippen molar-refractivity contribution in [2.45, 2.75) is 11.8 Å². The predicted molar refractivity (Wildman–Crippen MR) is 56.6 cm³/mol. The number of nitrogens with two attached hydrogens (primary N) is 1. The minimum atomic E-state index is -3.42. The predicted octanol–water partition coefficient (Wildman–Crippen LogP) is -0.375. The van der Waals surface area contributed by atoms with Crippen LogP contribution in [0.2, 0.25) is 0 Å². The number of rotatable bonds is 5. The van der Waals surface area contributed by atoms with Gasteiger partial charge in [-0.05, 0) is 12.5 Å². The molecule has 0 aromatic carbocycles. The summed E-state index contributed by atoms with van der Waals surface area (Å²) in [4.78, 5) is 0.175. The zero-order valence-electron chi connectivity index (χ0n) is 8.84. The van der Waals surface area contributed by atoms with E-state index in [9.17, 15) is 8.42 Å². The van der Waals surface area contributed by atoms with Gasteiger partial charge in [0.15, 0.2) is 0 Å². The first-order valence-electron chi connectivity index (χ1n) is 4.63. The Morgan fingerprint density at radius 3 is 2.80 bits per heavy atom. The van der Waals surface area contributed by atoms with Gasteiger partial charge in [-0.15, -0.1) is 0 Å². The molecule has 0 radical (unpaired) electrons. The maximum absolute atomic E-state index is 11.9. The van der Waals surface area contributed by atoms with Crippen LogP contribution in [0.3, 0.4) is 0 Å². The third-order valence-corrected chi connectivity index (χ3v) is 3.94. The fourth-order valence-corrected chi connectivity index (χ4v) is 2.37. The quantitative estimate of drug-likeness (QED) is 0.724. The highest BCUT2D eigenvalue weighted by molar-refractivity contribution is 7.89. The van der Waals surface area contributed by atoms with Crippen LogP contribution in [0.5, 0.6) is 0 Å². The summed E-state index contributed by atoms with van der Waals surface area (Å²) >= 11 is 0. The fourth-order valence-electron chi connectivity index (χ4n) is 1.17. The first-order valence-corrected chi connectivity index (χ1v) is 6.07. The summed E-state index contributed by atoms with van der Waals surface area (Å²) in [7, 11) is -1.88. The van der Waals surface area contributed by atoms with Gasteiger partial charge >= 0.3 is 0 Å². The number of hydrogen-bond donors (Lipinski definition) is 2. The summed E-state index contributed by atoms with van der Waals surface area (Å²) in [6.45, 7) is 2.77. The molecule has 1 atom stereocenters. The highest BCUT2D eigenvalue weighted by atomic mass is 32.2. The summed E-state index contributed by atoms with van der Waals surface area (Å²) in [5.41, 5.74) is 5.44. The average Bonchev–Trinajstić information content (AvgIpc) is 2.70. The van der Waals surface area contributed by atoms with Crippen LogP contribution in [0.4, 0.5) is 0 Å². The molecule has 0 aliphatic carbocycles. The van der Waals surface area contributed by atoms with Crippen LogP contribution in [0.25, 0.3) is 0 Å². The van der Waals surface area contributed by atoms with Gasteiger partial charge in [-0.2, -0.15) is 5.10 Å². The highest BCUT2D eigenvalue weighted by Crippen LogP contribution is 2.12. The topological polar surface area (TPSA) is 92.1 Å². The number of aromatic nitrogens is 2. The lowest BCUT2D eigenvalue weighted by atomic mass is 10.2. The largest absolute Gasteiger partial charge is 0.330 e. The van der Waals surface area contributed by atoms with Gasteiger partial charge in [0.05, 0.1) is 6.20 Å². The molecule has 15 heavy (non-hydrogen) atoms. The molecule has 0 bridgehead atoms. The van der Waals surface area contributed by atoms with Crippen LogP contribution in [0, 0.1) is 5.92 Å². The Hall–Kier alpha value is -0.920. The lowest BCUT2D eigenvalue weighted by Gasteiger charge is -2.19. The SMILES string of the molecule is CC(CN)CN(C)S(=O)(=O)c1cn[nH]c1. The standard InChI is InChI=1S/C8H16N4O2S/c1-7(3-9)6-12(2)15(13,14)8-4-10-11-5-8/h4-5,7H,3,6,9H2,1-2H3,(H,10,11). The number of sulfonamides is 1. The van der Waals surface area contributed by atoms with Gasteiger partial charge in [-0.25, -0.2) is 12.7 Å². The summed E-state index contributed by atoms with van der Waals surface area (Å²) in [6.07, 6.45) is 2.65. The molecule has 1 aromatic rings. The van der Waals surface area contributed by atoms with E-state index in [2.05, 4.69) is 10.2 Å². The maximum atomic E-state index is 11.9. The molecule has 0 aliphatic heterocycles. The number of H-pyrrole nitrogens is 1. The zero-order valence-corrected chi connectivity index (χ0v) is 9.66. The molecule has 3 N–H and O–H groups in total. The van der Waals surface area contributed by atoms with E-state index in [-0.39, 0.29) is 10.8 Å². The van der Waals surface area contributed by atoms with Crippen molar-refractivity contribution < 1.29 is 8.42 Å². The van der Waals surface area contributed by atoms with Gasteiger partial charge in [-0.1, -0.05) is 6.92 Å². The lowest BCUT2D eigenvalue weighted by molar-refractivity contribution is 0.405. The van der Waals surface area contributed by atoms with Crippen molar-refractivity contribution in [1.29, 1.82) is 0 Å². The number of nitrogens with zero attached hydrogens (tertiary/aromatic N) is 2. The van der Waals surface area contributed by atoms with Gasteiger partial charge in [0.2, 0.25) is 10.0 Å². The molecule has 0 amide bonds. The molecule has 1 rings (SSSR count). The van der Waals surface area contributed by atoms with Gasteiger partial charge < -0.3 is 5.73 Å². The first kappa shape index (κ1) is 12.2. The molecule has 7 heteroatoms. The average molecular weight is 232 g/mol. The van der Waals surface area contributed by atoms with E-state index in [1.54, 1.807) is 0 Å². The third-order valence-electron chi connectivity index (χ3n) is 2.15. The fraction of sp³-hybridized carbons (Fsp3) is 0.625. The highest BCUT2D eigenvalue weighted by Gasteiger charge is 2.22. The van der Waals surface area contributed by atoms with Crippen LogP contribution in [0.15, 0.2) is 17.3 Å². The molecule has 0 saturated heterocycles. The molecule has 6 nitrogen and oxygen atoms in total. The van der Waals surface area contributed by atoms with E-state index < -0.39 is 10.0 Å². The van der Waals surface area contributed by atoms with E-state index in [0.717, 1.165) is 0 Å². The second-order valence-electron chi connectivity index (χ2n) is 3.56. The molecular formula is C8H16N4O2S. The number of aromatic amines is 1. The minimum absolute atomic E-state index is 0.136. The molecule has 1 aromatic heterocycles. The summed E-state index contributed by atoms with van der Waals surface area (Å²) in [5.74, 6) is 0.136. The van der Waals surface area contributed by atoms with Crippen LogP contribution < -0.4 is 5.73 Å². The van der Waals surface area contributed by atoms with Crippen molar-refractivity contribution in [2.24, 2.45) is 11.7 Å². The molecule has 86 valence electrons. The molecular weight excluding hydrogens is 216 g/mol. The Balaban J connectivity index is 2.79. The van der Waals surface area contributed by atoms with Gasteiger partial charge in [-0.3, -0.25) is 5.10 Å². The van der Waals surface area contributed by atoms with E-state index in [1.807, 2.05) is 6.92 Å². The second-order valence-corrected chi connectivity index (χ2v) is 5.61. The first-order chi connectivity index (χ1) is 6.98. The lowest BCUT2D eigenvalue weighted by Crippen LogP contribution is -2.33. The number of nitrogens with one attached hydrogen (secondary N) is 1. The van der Waals surface area contributed by atoms with Crippen molar-refractivity contribution in [2.75, 3.05) is 20.1 Å². The molecule has 0 aliphatic rings. The zero-order chi connectivity index (χ0) is 11.5. The summed E-state index contributed by atoms with van der Waals surface area (Å²) in [5, 5.41) is 6.09. The normalized spacial score (nSPS) is 14.4. The van der Waals surface area contributed by atoms with Crippen molar-refractivity contribution in [3.8, 4) is 0 Å². The van der Waals surface area contributed by atoms with Crippen molar-refractivity contribution in [3.05, 3.63) is 12.4 Å². The van der Waals surface area contributed by atoms with Crippen LogP contribution in [0.1, 0.15) is 6.92 Å². The van der Waals surface area contributed by atoms with Crippen LogP contribution in [-0.2, 0) is 10.0 Å². The molecule has 0 spiro atoms. The molecule has 0 fully saturated rings.